The van der Waals surface area contributed by atoms with Gasteiger partial charge in [0.2, 0.25) is 5.91 Å². The number of hydrogen-bond acceptors (Lipinski definition) is 6. The highest BCUT2D eigenvalue weighted by atomic mass is 16.6. The van der Waals surface area contributed by atoms with E-state index in [0.29, 0.717) is 30.9 Å². The maximum atomic E-state index is 11.3. The van der Waals surface area contributed by atoms with Gasteiger partial charge in [0.25, 0.3) is 5.69 Å². The van der Waals surface area contributed by atoms with E-state index in [2.05, 4.69) is 10.2 Å². The minimum atomic E-state index is -0.486. The van der Waals surface area contributed by atoms with E-state index >= 15 is 0 Å². The fourth-order valence-corrected chi connectivity index (χ4v) is 2.69. The van der Waals surface area contributed by atoms with Crippen LogP contribution in [0.3, 0.4) is 0 Å². The molecule has 0 atom stereocenters. The summed E-state index contributed by atoms with van der Waals surface area (Å²) in [4.78, 5) is 37.3. The van der Waals surface area contributed by atoms with Crippen molar-refractivity contribution in [1.29, 1.82) is 0 Å². The molecule has 130 valence electrons. The summed E-state index contributed by atoms with van der Waals surface area (Å²) in [5.74, 6) is -0.109. The molecule has 0 saturated carbocycles. The molecule has 1 saturated heterocycles. The van der Waals surface area contributed by atoms with Crippen molar-refractivity contribution in [1.82, 2.24) is 9.80 Å². The Bertz CT molecular complexity index is 639. The van der Waals surface area contributed by atoms with Crippen molar-refractivity contribution in [3.63, 3.8) is 0 Å². The second-order valence-electron chi connectivity index (χ2n) is 5.82. The first-order valence-electron chi connectivity index (χ1n) is 7.89. The number of ketones is 1. The number of benzene rings is 1. The second kappa shape index (κ2) is 7.87. The molecule has 0 spiro atoms. The van der Waals surface area contributed by atoms with Crippen LogP contribution in [0.25, 0.3) is 0 Å². The summed E-state index contributed by atoms with van der Waals surface area (Å²) in [5.41, 5.74) is 0.643. The molecule has 0 aliphatic carbocycles. The van der Waals surface area contributed by atoms with E-state index in [1.807, 2.05) is 4.90 Å². The minimum absolute atomic E-state index is 0.0916. The van der Waals surface area contributed by atoms with Gasteiger partial charge in [0.05, 0.1) is 4.92 Å². The summed E-state index contributed by atoms with van der Waals surface area (Å²) < 4.78 is 0. The quantitative estimate of drug-likeness (QED) is 0.479. The summed E-state index contributed by atoms with van der Waals surface area (Å²) >= 11 is 0. The zero-order valence-corrected chi connectivity index (χ0v) is 13.9. The van der Waals surface area contributed by atoms with Crippen LogP contribution in [0, 0.1) is 10.1 Å². The first-order chi connectivity index (χ1) is 11.4. The number of Topliss-reactive ketones (excluding diaryl/α,β-unsaturated/α-hetero) is 1. The van der Waals surface area contributed by atoms with Crippen LogP contribution in [0.1, 0.15) is 24.2 Å². The fraction of sp³-hybridized carbons (Fsp3) is 0.500. The van der Waals surface area contributed by atoms with Crippen LogP contribution in [-0.2, 0) is 4.79 Å². The lowest BCUT2D eigenvalue weighted by atomic mass is 10.1. The highest BCUT2D eigenvalue weighted by Gasteiger charge is 2.19. The van der Waals surface area contributed by atoms with Gasteiger partial charge in [0, 0.05) is 57.8 Å². The Morgan fingerprint density at radius 3 is 2.42 bits per heavy atom. The minimum Gasteiger partial charge on any atom is -0.378 e. The van der Waals surface area contributed by atoms with E-state index < -0.39 is 4.92 Å². The molecule has 1 heterocycles. The summed E-state index contributed by atoms with van der Waals surface area (Å²) in [6.07, 6.45) is 0. The molecule has 0 bridgehead atoms. The molecule has 1 aromatic carbocycles. The number of nitrogens with one attached hydrogen (secondary N) is 1. The van der Waals surface area contributed by atoms with Gasteiger partial charge in [0.15, 0.2) is 5.78 Å². The van der Waals surface area contributed by atoms with Crippen LogP contribution in [0.15, 0.2) is 18.2 Å². The smallest absolute Gasteiger partial charge is 0.293 e. The third-order valence-corrected chi connectivity index (χ3v) is 4.16. The molecule has 1 aliphatic rings. The van der Waals surface area contributed by atoms with Crippen LogP contribution in [0.4, 0.5) is 11.4 Å². The van der Waals surface area contributed by atoms with E-state index in [1.54, 1.807) is 19.1 Å². The summed E-state index contributed by atoms with van der Waals surface area (Å²) in [6, 6.07) is 4.46. The molecule has 1 aliphatic heterocycles. The number of rotatable bonds is 6. The highest BCUT2D eigenvalue weighted by molar-refractivity contribution is 5.95. The van der Waals surface area contributed by atoms with E-state index in [0.717, 1.165) is 19.6 Å². The van der Waals surface area contributed by atoms with Crippen LogP contribution in [-0.4, -0.2) is 65.7 Å². The lowest BCUT2D eigenvalue weighted by Crippen LogP contribution is -2.49. The van der Waals surface area contributed by atoms with Crippen LogP contribution < -0.4 is 5.32 Å². The van der Waals surface area contributed by atoms with Crippen molar-refractivity contribution < 1.29 is 14.5 Å². The van der Waals surface area contributed by atoms with Gasteiger partial charge < -0.3 is 10.2 Å². The van der Waals surface area contributed by atoms with E-state index in [4.69, 9.17) is 0 Å². The lowest BCUT2D eigenvalue weighted by molar-refractivity contribution is -0.384. The third-order valence-electron chi connectivity index (χ3n) is 4.16. The predicted molar refractivity (Wildman–Crippen MR) is 90.3 cm³/mol. The normalized spacial score (nSPS) is 15.2. The Morgan fingerprint density at radius 1 is 1.21 bits per heavy atom. The van der Waals surface area contributed by atoms with Gasteiger partial charge in [-0.1, -0.05) is 0 Å². The number of nitro groups is 1. The molecule has 1 amide bonds. The third kappa shape index (κ3) is 4.51. The zero-order valence-electron chi connectivity index (χ0n) is 13.9. The molecule has 0 radical (unpaired) electrons. The van der Waals surface area contributed by atoms with E-state index in [1.165, 1.54) is 13.0 Å². The molecule has 0 unspecified atom stereocenters. The topological polar surface area (TPSA) is 95.8 Å². The predicted octanol–water partition coefficient (Wildman–Crippen LogP) is 1.37. The average Bonchev–Trinajstić information content (AvgIpc) is 2.55. The number of anilines is 1. The lowest BCUT2D eigenvalue weighted by Gasteiger charge is -2.34. The molecule has 1 aromatic rings. The largest absolute Gasteiger partial charge is 0.378 e. The van der Waals surface area contributed by atoms with E-state index in [9.17, 15) is 19.7 Å². The Balaban J connectivity index is 1.89. The van der Waals surface area contributed by atoms with Crippen LogP contribution >= 0.6 is 0 Å². The Kier molecular flexibility index (Phi) is 5.86. The molecule has 0 aromatic heterocycles. The van der Waals surface area contributed by atoms with Gasteiger partial charge in [-0.15, -0.1) is 0 Å². The monoisotopic (exact) mass is 334 g/mol. The number of hydrogen-bond donors (Lipinski definition) is 1. The fourth-order valence-electron chi connectivity index (χ4n) is 2.69. The average molecular weight is 334 g/mol. The Labute approximate surface area is 140 Å². The first kappa shape index (κ1) is 17.9. The zero-order chi connectivity index (χ0) is 17.7. The van der Waals surface area contributed by atoms with Gasteiger partial charge in [0.1, 0.15) is 5.69 Å². The van der Waals surface area contributed by atoms with Crippen LogP contribution in [0.5, 0.6) is 0 Å². The summed E-state index contributed by atoms with van der Waals surface area (Å²) in [7, 11) is 0. The van der Waals surface area contributed by atoms with Gasteiger partial charge in [-0.05, 0) is 19.1 Å². The van der Waals surface area contributed by atoms with Crippen molar-refractivity contribution >= 4 is 23.1 Å². The Hall–Kier alpha value is -2.48. The standard InChI is InChI=1S/C16H22N4O4/c1-12(21)14-3-4-15(16(11-14)20(23)24)17-5-6-18-7-9-19(10-8-18)13(2)22/h3-4,11,17H,5-10H2,1-2H3. The van der Waals surface area contributed by atoms with Crippen molar-refractivity contribution in [2.24, 2.45) is 0 Å². The van der Waals surface area contributed by atoms with E-state index in [-0.39, 0.29) is 17.4 Å². The molecular formula is C16H22N4O4. The first-order valence-corrected chi connectivity index (χ1v) is 7.89. The number of nitro benzene ring substituents is 1. The van der Waals surface area contributed by atoms with Crippen molar-refractivity contribution in [3.05, 3.63) is 33.9 Å². The molecule has 8 nitrogen and oxygen atoms in total. The van der Waals surface area contributed by atoms with Crippen molar-refractivity contribution in [2.45, 2.75) is 13.8 Å². The molecule has 1 fully saturated rings. The second-order valence-corrected chi connectivity index (χ2v) is 5.82. The number of nitrogens with zero attached hydrogens (tertiary/aromatic N) is 3. The molecule has 8 heteroatoms. The maximum absolute atomic E-state index is 11.3. The van der Waals surface area contributed by atoms with Gasteiger partial charge in [-0.3, -0.25) is 24.6 Å². The summed E-state index contributed by atoms with van der Waals surface area (Å²) in [6.45, 7) is 7.26. The van der Waals surface area contributed by atoms with Crippen molar-refractivity contribution in [3.8, 4) is 0 Å². The van der Waals surface area contributed by atoms with Gasteiger partial charge in [-0.2, -0.15) is 0 Å². The van der Waals surface area contributed by atoms with Gasteiger partial charge in [-0.25, -0.2) is 0 Å². The van der Waals surface area contributed by atoms with Gasteiger partial charge >= 0.3 is 0 Å². The Morgan fingerprint density at radius 2 is 1.88 bits per heavy atom. The molecule has 24 heavy (non-hydrogen) atoms. The SMILES string of the molecule is CC(=O)c1ccc(NCCN2CCN(C(C)=O)CC2)c([N+](=O)[O-])c1. The molecule has 1 N–H and O–H groups in total. The maximum Gasteiger partial charge on any atom is 0.293 e. The van der Waals surface area contributed by atoms with Crippen molar-refractivity contribution in [2.75, 3.05) is 44.6 Å². The number of carbonyl (C=O) groups is 2. The number of piperazine rings is 1. The number of amides is 1. The number of carbonyl (C=O) groups excluding carboxylic acids is 2. The highest BCUT2D eigenvalue weighted by Crippen LogP contribution is 2.25. The van der Waals surface area contributed by atoms with Crippen LogP contribution in [0.2, 0.25) is 0 Å². The molecular weight excluding hydrogens is 312 g/mol. The molecule has 2 rings (SSSR count). The summed E-state index contributed by atoms with van der Waals surface area (Å²) in [5, 5.41) is 14.2.